The Morgan fingerprint density at radius 3 is 2.50 bits per heavy atom. The van der Waals surface area contributed by atoms with Gasteiger partial charge in [0.2, 0.25) is 0 Å². The Balaban J connectivity index is 1.91. The first-order chi connectivity index (χ1) is 12.7. The number of ether oxygens (including phenoxy) is 1. The van der Waals surface area contributed by atoms with Gasteiger partial charge >= 0.3 is 5.97 Å². The van der Waals surface area contributed by atoms with E-state index in [-0.39, 0.29) is 11.9 Å². The van der Waals surface area contributed by atoms with Crippen molar-refractivity contribution >= 4 is 23.6 Å². The van der Waals surface area contributed by atoms with E-state index in [0.29, 0.717) is 23.8 Å². The highest BCUT2D eigenvalue weighted by Gasteiger charge is 2.36. The Bertz CT molecular complexity index is 573. The summed E-state index contributed by atoms with van der Waals surface area (Å²) >= 11 is 1.60. The van der Waals surface area contributed by atoms with E-state index in [1.807, 2.05) is 24.3 Å². The van der Waals surface area contributed by atoms with Crippen LogP contribution in [0.3, 0.4) is 0 Å². The smallest absolute Gasteiger partial charge is 0.329 e. The van der Waals surface area contributed by atoms with Crippen molar-refractivity contribution < 1.29 is 14.3 Å². The molecule has 1 atom stereocenters. The molecule has 0 saturated carbocycles. The average molecular weight is 378 g/mol. The van der Waals surface area contributed by atoms with E-state index in [1.54, 1.807) is 16.7 Å². The van der Waals surface area contributed by atoms with Gasteiger partial charge in [-0.05, 0) is 37.0 Å². The highest BCUT2D eigenvalue weighted by atomic mass is 32.2. The van der Waals surface area contributed by atoms with Crippen molar-refractivity contribution in [2.24, 2.45) is 0 Å². The molecule has 4 nitrogen and oxygen atoms in total. The molecule has 1 aliphatic rings. The first-order valence-corrected chi connectivity index (χ1v) is 11.0. The number of rotatable bonds is 10. The van der Waals surface area contributed by atoms with Crippen molar-refractivity contribution in [2.45, 2.75) is 64.8 Å². The molecule has 1 aromatic carbocycles. The molecule has 2 rings (SSSR count). The van der Waals surface area contributed by atoms with Gasteiger partial charge in [0.15, 0.2) is 0 Å². The highest BCUT2D eigenvalue weighted by Crippen LogP contribution is 2.24. The molecule has 1 amide bonds. The van der Waals surface area contributed by atoms with Crippen LogP contribution in [0.25, 0.3) is 0 Å². The fourth-order valence-electron chi connectivity index (χ4n) is 2.99. The van der Waals surface area contributed by atoms with E-state index in [0.717, 1.165) is 19.3 Å². The third-order valence-electron chi connectivity index (χ3n) is 4.68. The summed E-state index contributed by atoms with van der Waals surface area (Å²) < 4.78 is 5.32. The van der Waals surface area contributed by atoms with Crippen molar-refractivity contribution in [2.75, 3.05) is 18.2 Å². The average Bonchev–Trinajstić information content (AvgIpc) is 3.15. The van der Waals surface area contributed by atoms with Gasteiger partial charge < -0.3 is 9.64 Å². The van der Waals surface area contributed by atoms with Crippen molar-refractivity contribution in [3.05, 3.63) is 35.4 Å². The van der Waals surface area contributed by atoms with Crippen LogP contribution in [0.1, 0.15) is 68.3 Å². The van der Waals surface area contributed by atoms with Crippen molar-refractivity contribution in [1.29, 1.82) is 0 Å². The number of amides is 1. The Labute approximate surface area is 161 Å². The first kappa shape index (κ1) is 20.8. The van der Waals surface area contributed by atoms with Crippen LogP contribution in [0, 0.1) is 0 Å². The third kappa shape index (κ3) is 6.04. The summed E-state index contributed by atoms with van der Waals surface area (Å²) in [5, 5.41) is 0. The second-order valence-corrected chi connectivity index (χ2v) is 7.82. The molecule has 0 bridgehead atoms. The van der Waals surface area contributed by atoms with Gasteiger partial charge in [-0.2, -0.15) is 0 Å². The fourth-order valence-corrected chi connectivity index (χ4v) is 4.13. The van der Waals surface area contributed by atoms with E-state index < -0.39 is 6.04 Å². The lowest BCUT2D eigenvalue weighted by Crippen LogP contribution is -2.42. The number of esters is 1. The molecule has 1 saturated heterocycles. The Kier molecular flexibility index (Phi) is 9.02. The molecule has 0 spiro atoms. The summed E-state index contributed by atoms with van der Waals surface area (Å²) in [5.74, 6) is 0.812. The summed E-state index contributed by atoms with van der Waals surface area (Å²) in [7, 11) is 0. The van der Waals surface area contributed by atoms with Gasteiger partial charge in [-0.1, -0.05) is 51.7 Å². The van der Waals surface area contributed by atoms with Gasteiger partial charge in [0.1, 0.15) is 6.04 Å². The maximum Gasteiger partial charge on any atom is 0.329 e. The molecule has 1 unspecified atom stereocenters. The molecule has 0 aliphatic carbocycles. The zero-order valence-electron chi connectivity index (χ0n) is 16.0. The van der Waals surface area contributed by atoms with Gasteiger partial charge in [0, 0.05) is 11.3 Å². The number of carbonyl (C=O) groups is 2. The molecule has 0 N–H and O–H groups in total. The topological polar surface area (TPSA) is 46.6 Å². The summed E-state index contributed by atoms with van der Waals surface area (Å²) in [4.78, 5) is 26.7. The summed E-state index contributed by atoms with van der Waals surface area (Å²) in [6.45, 7) is 4.71. The number of aryl methyl sites for hydroxylation is 1. The molecule has 0 aromatic heterocycles. The maximum atomic E-state index is 12.8. The normalized spacial score (nSPS) is 16.7. The zero-order valence-corrected chi connectivity index (χ0v) is 16.9. The number of carbonyl (C=O) groups excluding carboxylic acids is 2. The van der Waals surface area contributed by atoms with Crippen LogP contribution in [0.15, 0.2) is 24.3 Å². The second-order valence-electron chi connectivity index (χ2n) is 6.82. The molecule has 1 aliphatic heterocycles. The summed E-state index contributed by atoms with van der Waals surface area (Å²) in [5.41, 5.74) is 1.92. The number of hydrogen-bond acceptors (Lipinski definition) is 4. The number of hydrogen-bond donors (Lipinski definition) is 0. The van der Waals surface area contributed by atoms with E-state index >= 15 is 0 Å². The molecule has 26 heavy (non-hydrogen) atoms. The third-order valence-corrected chi connectivity index (χ3v) is 5.69. The van der Waals surface area contributed by atoms with Crippen molar-refractivity contribution in [3.8, 4) is 0 Å². The zero-order chi connectivity index (χ0) is 18.8. The van der Waals surface area contributed by atoms with Crippen molar-refractivity contribution in [1.82, 2.24) is 4.90 Å². The molecular formula is C21H31NO3S. The second kappa shape index (κ2) is 11.3. The SMILES string of the molecule is CCCCCCc1ccc(C(=O)N2CSCC2C(=O)OCCCC)cc1. The first-order valence-electron chi connectivity index (χ1n) is 9.81. The predicted molar refractivity (Wildman–Crippen MR) is 107 cm³/mol. The largest absolute Gasteiger partial charge is 0.464 e. The van der Waals surface area contributed by atoms with Crippen LogP contribution in [-0.2, 0) is 16.0 Å². The fraction of sp³-hybridized carbons (Fsp3) is 0.619. The Hall–Kier alpha value is -1.49. The number of benzene rings is 1. The van der Waals surface area contributed by atoms with Crippen LogP contribution < -0.4 is 0 Å². The van der Waals surface area contributed by atoms with E-state index in [4.69, 9.17) is 4.74 Å². The Morgan fingerprint density at radius 1 is 1.08 bits per heavy atom. The number of nitrogens with zero attached hydrogens (tertiary/aromatic N) is 1. The lowest BCUT2D eigenvalue weighted by molar-refractivity contribution is -0.147. The molecule has 1 fully saturated rings. The minimum Gasteiger partial charge on any atom is -0.464 e. The quantitative estimate of drug-likeness (QED) is 0.439. The number of thioether (sulfide) groups is 1. The van der Waals surface area contributed by atoms with Gasteiger partial charge in [0.25, 0.3) is 5.91 Å². The number of unbranched alkanes of at least 4 members (excludes halogenated alkanes) is 4. The molecule has 0 radical (unpaired) electrons. The van der Waals surface area contributed by atoms with Gasteiger partial charge in [-0.15, -0.1) is 11.8 Å². The van der Waals surface area contributed by atoms with Crippen LogP contribution in [-0.4, -0.2) is 41.1 Å². The van der Waals surface area contributed by atoms with Crippen LogP contribution in [0.4, 0.5) is 0 Å². The van der Waals surface area contributed by atoms with E-state index in [2.05, 4.69) is 13.8 Å². The van der Waals surface area contributed by atoms with Gasteiger partial charge in [-0.3, -0.25) is 4.79 Å². The molecule has 5 heteroatoms. The van der Waals surface area contributed by atoms with Gasteiger partial charge in [0.05, 0.1) is 12.5 Å². The van der Waals surface area contributed by atoms with Crippen LogP contribution in [0.2, 0.25) is 0 Å². The van der Waals surface area contributed by atoms with Crippen LogP contribution >= 0.6 is 11.8 Å². The monoisotopic (exact) mass is 377 g/mol. The lowest BCUT2D eigenvalue weighted by atomic mass is 10.0. The summed E-state index contributed by atoms with van der Waals surface area (Å²) in [6, 6.07) is 7.39. The predicted octanol–water partition coefficient (Wildman–Crippen LogP) is 4.67. The molecule has 144 valence electrons. The molecular weight excluding hydrogens is 346 g/mol. The van der Waals surface area contributed by atoms with Gasteiger partial charge in [-0.25, -0.2) is 4.79 Å². The van der Waals surface area contributed by atoms with Crippen LogP contribution in [0.5, 0.6) is 0 Å². The maximum absolute atomic E-state index is 12.8. The minimum absolute atomic E-state index is 0.0787. The molecule has 1 aromatic rings. The van der Waals surface area contributed by atoms with E-state index in [1.165, 1.54) is 31.2 Å². The Morgan fingerprint density at radius 2 is 1.81 bits per heavy atom. The van der Waals surface area contributed by atoms with E-state index in [9.17, 15) is 9.59 Å². The summed E-state index contributed by atoms with van der Waals surface area (Å²) in [6.07, 6.45) is 7.86. The minimum atomic E-state index is -0.460. The molecule has 1 heterocycles. The highest BCUT2D eigenvalue weighted by molar-refractivity contribution is 7.99. The standard InChI is InChI=1S/C21H31NO3S/c1-3-5-7-8-9-17-10-12-18(13-11-17)20(23)22-16-26-15-19(22)21(24)25-14-6-4-2/h10-13,19H,3-9,14-16H2,1-2H3. The van der Waals surface area contributed by atoms with Crippen molar-refractivity contribution in [3.63, 3.8) is 0 Å². The lowest BCUT2D eigenvalue weighted by Gasteiger charge is -2.22.